The molecule has 22 heavy (non-hydrogen) atoms. The average molecular weight is 296 g/mol. The second-order valence-corrected chi connectivity index (χ2v) is 5.54. The van der Waals surface area contributed by atoms with Crippen molar-refractivity contribution >= 4 is 6.03 Å². The van der Waals surface area contributed by atoms with Crippen molar-refractivity contribution in [2.75, 3.05) is 13.2 Å². The maximum Gasteiger partial charge on any atom is 0.315 e. The second-order valence-electron chi connectivity index (χ2n) is 5.54. The van der Waals surface area contributed by atoms with E-state index < -0.39 is 0 Å². The molecule has 1 aliphatic rings. The molecule has 2 aromatic carbocycles. The van der Waals surface area contributed by atoms with Crippen LogP contribution in [-0.2, 0) is 13.0 Å². The van der Waals surface area contributed by atoms with E-state index in [-0.39, 0.29) is 6.03 Å². The Morgan fingerprint density at radius 3 is 2.68 bits per heavy atom. The minimum absolute atomic E-state index is 0.136. The van der Waals surface area contributed by atoms with Gasteiger partial charge in [0.1, 0.15) is 5.75 Å². The second kappa shape index (κ2) is 6.98. The molecule has 0 aromatic heterocycles. The van der Waals surface area contributed by atoms with Gasteiger partial charge in [0.2, 0.25) is 0 Å². The van der Waals surface area contributed by atoms with E-state index in [1.807, 2.05) is 48.5 Å². The van der Waals surface area contributed by atoms with E-state index in [4.69, 9.17) is 4.74 Å². The van der Waals surface area contributed by atoms with Gasteiger partial charge in [-0.3, -0.25) is 0 Å². The Morgan fingerprint density at radius 1 is 1.05 bits per heavy atom. The molecule has 0 fully saturated rings. The molecule has 4 heteroatoms. The Labute approximate surface area is 130 Å². The Balaban J connectivity index is 1.42. The largest absolute Gasteiger partial charge is 0.493 e. The standard InChI is InChI=1S/C18H20N2O2/c21-18(19-11-14-6-2-1-3-7-14)20-12-15-10-16-8-4-5-9-17(16)22-13-15/h1-9,15H,10-13H2,(H2,19,20,21)/t15-/m1/s1. The van der Waals surface area contributed by atoms with Crippen molar-refractivity contribution in [1.29, 1.82) is 0 Å². The average Bonchev–Trinajstić information content (AvgIpc) is 2.59. The fourth-order valence-electron chi connectivity index (χ4n) is 2.60. The number of carbonyl (C=O) groups is 1. The highest BCUT2D eigenvalue weighted by atomic mass is 16.5. The molecule has 1 atom stereocenters. The van der Waals surface area contributed by atoms with Gasteiger partial charge in [0.05, 0.1) is 6.61 Å². The number of hydrogen-bond donors (Lipinski definition) is 2. The lowest BCUT2D eigenvalue weighted by Gasteiger charge is -2.25. The fraction of sp³-hybridized carbons (Fsp3) is 0.278. The molecule has 0 bridgehead atoms. The van der Waals surface area contributed by atoms with E-state index in [2.05, 4.69) is 16.7 Å². The molecule has 1 aliphatic heterocycles. The molecule has 0 aliphatic carbocycles. The summed E-state index contributed by atoms with van der Waals surface area (Å²) in [5.41, 5.74) is 2.30. The minimum Gasteiger partial charge on any atom is -0.493 e. The highest BCUT2D eigenvalue weighted by Crippen LogP contribution is 2.26. The Hall–Kier alpha value is -2.49. The topological polar surface area (TPSA) is 50.4 Å². The van der Waals surface area contributed by atoms with Crippen molar-refractivity contribution in [1.82, 2.24) is 10.6 Å². The van der Waals surface area contributed by atoms with E-state index in [0.29, 0.717) is 25.6 Å². The molecule has 0 radical (unpaired) electrons. The normalized spacial score (nSPS) is 16.3. The summed E-state index contributed by atoms with van der Waals surface area (Å²) < 4.78 is 5.73. The van der Waals surface area contributed by atoms with Gasteiger partial charge in [-0.1, -0.05) is 48.5 Å². The van der Waals surface area contributed by atoms with E-state index in [9.17, 15) is 4.79 Å². The third-order valence-electron chi connectivity index (χ3n) is 3.80. The first-order valence-electron chi connectivity index (χ1n) is 7.57. The van der Waals surface area contributed by atoms with Crippen molar-refractivity contribution in [3.63, 3.8) is 0 Å². The summed E-state index contributed by atoms with van der Waals surface area (Å²) in [5.74, 6) is 1.28. The molecule has 0 saturated heterocycles. The quantitative estimate of drug-likeness (QED) is 0.911. The van der Waals surface area contributed by atoms with Gasteiger partial charge in [-0.2, -0.15) is 0 Å². The van der Waals surface area contributed by atoms with E-state index >= 15 is 0 Å². The van der Waals surface area contributed by atoms with Gasteiger partial charge in [0.15, 0.2) is 0 Å². The zero-order chi connectivity index (χ0) is 15.2. The number of urea groups is 1. The Bertz CT molecular complexity index is 628. The van der Waals surface area contributed by atoms with Gasteiger partial charge in [-0.15, -0.1) is 0 Å². The van der Waals surface area contributed by atoms with Gasteiger partial charge >= 0.3 is 6.03 Å². The van der Waals surface area contributed by atoms with Gasteiger partial charge in [0.25, 0.3) is 0 Å². The highest BCUT2D eigenvalue weighted by Gasteiger charge is 2.19. The first kappa shape index (κ1) is 14.4. The summed E-state index contributed by atoms with van der Waals surface area (Å²) in [7, 11) is 0. The molecular formula is C18H20N2O2. The molecule has 4 nitrogen and oxygen atoms in total. The van der Waals surface area contributed by atoms with Crippen LogP contribution in [0.1, 0.15) is 11.1 Å². The van der Waals surface area contributed by atoms with Gasteiger partial charge in [-0.05, 0) is 23.6 Å². The third kappa shape index (κ3) is 3.79. The lowest BCUT2D eigenvalue weighted by Crippen LogP contribution is -2.40. The van der Waals surface area contributed by atoms with Crippen LogP contribution in [0.4, 0.5) is 4.79 Å². The summed E-state index contributed by atoms with van der Waals surface area (Å²) in [6.07, 6.45) is 0.940. The first-order valence-corrected chi connectivity index (χ1v) is 7.57. The Kier molecular flexibility index (Phi) is 4.59. The summed E-state index contributed by atoms with van der Waals surface area (Å²) in [4.78, 5) is 11.8. The molecule has 0 unspecified atom stereocenters. The van der Waals surface area contributed by atoms with E-state index in [1.54, 1.807) is 0 Å². The lowest BCUT2D eigenvalue weighted by molar-refractivity contribution is 0.211. The van der Waals surface area contributed by atoms with Crippen LogP contribution in [0.5, 0.6) is 5.75 Å². The molecule has 0 spiro atoms. The van der Waals surface area contributed by atoms with Crippen molar-refractivity contribution in [3.8, 4) is 5.75 Å². The molecule has 1 heterocycles. The van der Waals surface area contributed by atoms with Crippen LogP contribution < -0.4 is 15.4 Å². The maximum absolute atomic E-state index is 11.8. The zero-order valence-electron chi connectivity index (χ0n) is 12.4. The zero-order valence-corrected chi connectivity index (χ0v) is 12.4. The SMILES string of the molecule is O=C(NCc1ccccc1)NC[C@@H]1COc2ccccc2C1. The van der Waals surface area contributed by atoms with Crippen LogP contribution in [0.25, 0.3) is 0 Å². The van der Waals surface area contributed by atoms with Crippen LogP contribution in [0.15, 0.2) is 54.6 Å². The van der Waals surface area contributed by atoms with Crippen molar-refractivity contribution in [2.24, 2.45) is 5.92 Å². The number of benzene rings is 2. The van der Waals surface area contributed by atoms with Crippen LogP contribution >= 0.6 is 0 Å². The van der Waals surface area contributed by atoms with Crippen molar-refractivity contribution in [2.45, 2.75) is 13.0 Å². The summed E-state index contributed by atoms with van der Waals surface area (Å²) in [5, 5.41) is 5.79. The number of carbonyl (C=O) groups excluding carboxylic acids is 1. The van der Waals surface area contributed by atoms with Crippen LogP contribution in [0.3, 0.4) is 0 Å². The van der Waals surface area contributed by atoms with Gasteiger partial charge in [0, 0.05) is 19.0 Å². The summed E-state index contributed by atoms with van der Waals surface area (Å²) in [6, 6.07) is 17.8. The number of fused-ring (bicyclic) bond motifs is 1. The van der Waals surface area contributed by atoms with Crippen LogP contribution in [0, 0.1) is 5.92 Å². The molecule has 114 valence electrons. The molecular weight excluding hydrogens is 276 g/mol. The number of hydrogen-bond acceptors (Lipinski definition) is 2. The number of rotatable bonds is 4. The monoisotopic (exact) mass is 296 g/mol. The van der Waals surface area contributed by atoms with Crippen molar-refractivity contribution < 1.29 is 9.53 Å². The molecule has 0 saturated carbocycles. The number of ether oxygens (including phenoxy) is 1. The highest BCUT2D eigenvalue weighted by molar-refractivity contribution is 5.73. The predicted octanol–water partition coefficient (Wildman–Crippen LogP) is 2.74. The lowest BCUT2D eigenvalue weighted by atomic mass is 9.97. The maximum atomic E-state index is 11.8. The predicted molar refractivity (Wildman–Crippen MR) is 85.8 cm³/mol. The molecule has 2 aromatic rings. The molecule has 3 rings (SSSR count). The van der Waals surface area contributed by atoms with Crippen molar-refractivity contribution in [3.05, 3.63) is 65.7 Å². The number of para-hydroxylation sites is 1. The van der Waals surface area contributed by atoms with E-state index in [1.165, 1.54) is 5.56 Å². The smallest absolute Gasteiger partial charge is 0.315 e. The molecule has 2 N–H and O–H groups in total. The minimum atomic E-state index is -0.136. The third-order valence-corrected chi connectivity index (χ3v) is 3.80. The first-order chi connectivity index (χ1) is 10.8. The van der Waals surface area contributed by atoms with E-state index in [0.717, 1.165) is 17.7 Å². The number of amides is 2. The fourth-order valence-corrected chi connectivity index (χ4v) is 2.60. The summed E-state index contributed by atoms with van der Waals surface area (Å²) in [6.45, 7) is 1.81. The molecule has 2 amide bonds. The number of nitrogens with one attached hydrogen (secondary N) is 2. The van der Waals surface area contributed by atoms with Gasteiger partial charge in [-0.25, -0.2) is 4.79 Å². The van der Waals surface area contributed by atoms with Crippen LogP contribution in [-0.4, -0.2) is 19.2 Å². The summed E-state index contributed by atoms with van der Waals surface area (Å²) >= 11 is 0. The van der Waals surface area contributed by atoms with Crippen LogP contribution in [0.2, 0.25) is 0 Å². The van der Waals surface area contributed by atoms with Gasteiger partial charge < -0.3 is 15.4 Å². The Morgan fingerprint density at radius 2 is 1.82 bits per heavy atom.